The Hall–Kier alpha value is -0.610. The molecule has 84 valence electrons. The Morgan fingerprint density at radius 3 is 2.80 bits per heavy atom. The van der Waals surface area contributed by atoms with Crippen molar-refractivity contribution in [3.8, 4) is 5.75 Å². The second-order valence-electron chi connectivity index (χ2n) is 3.14. The lowest BCUT2D eigenvalue weighted by molar-refractivity contribution is 0.331. The van der Waals surface area contributed by atoms with E-state index in [1.807, 2.05) is 14.0 Å². The maximum Gasteiger partial charge on any atom is 0.141 e. The summed E-state index contributed by atoms with van der Waals surface area (Å²) >= 11 is 3.20. The van der Waals surface area contributed by atoms with Crippen molar-refractivity contribution >= 4 is 15.9 Å². The van der Waals surface area contributed by atoms with E-state index in [0.717, 1.165) is 18.5 Å². The highest BCUT2D eigenvalue weighted by molar-refractivity contribution is 9.10. The molecular weight excluding hydrogens is 261 g/mol. The van der Waals surface area contributed by atoms with Crippen molar-refractivity contribution in [3.63, 3.8) is 0 Å². The molecule has 0 radical (unpaired) electrons. The number of benzene rings is 1. The van der Waals surface area contributed by atoms with E-state index in [4.69, 9.17) is 4.74 Å². The molecule has 0 amide bonds. The number of hydrogen-bond donors (Lipinski definition) is 1. The van der Waals surface area contributed by atoms with Crippen LogP contribution in [0.3, 0.4) is 0 Å². The first-order valence-electron chi connectivity index (χ1n) is 4.95. The van der Waals surface area contributed by atoms with Crippen LogP contribution in [0.2, 0.25) is 0 Å². The molecule has 0 saturated heterocycles. The third-order valence-electron chi connectivity index (χ3n) is 2.06. The maximum absolute atomic E-state index is 13.3. The molecule has 4 heteroatoms. The first kappa shape index (κ1) is 12.5. The zero-order valence-electron chi connectivity index (χ0n) is 8.94. The minimum atomic E-state index is -0.286. The summed E-state index contributed by atoms with van der Waals surface area (Å²) in [6.45, 7) is 3.27. The number of halogens is 2. The first-order chi connectivity index (χ1) is 7.20. The van der Waals surface area contributed by atoms with Crippen LogP contribution in [0.1, 0.15) is 12.5 Å². The zero-order chi connectivity index (χ0) is 11.3. The number of hydrogen-bond acceptors (Lipinski definition) is 2. The summed E-state index contributed by atoms with van der Waals surface area (Å²) in [6.07, 6.45) is 0.824. The monoisotopic (exact) mass is 275 g/mol. The van der Waals surface area contributed by atoms with Crippen molar-refractivity contribution in [1.82, 2.24) is 5.32 Å². The highest BCUT2D eigenvalue weighted by Gasteiger charge is 2.11. The summed E-state index contributed by atoms with van der Waals surface area (Å²) in [4.78, 5) is 0. The average Bonchev–Trinajstić information content (AvgIpc) is 2.24. The van der Waals surface area contributed by atoms with Gasteiger partial charge in [0.25, 0.3) is 0 Å². The average molecular weight is 276 g/mol. The van der Waals surface area contributed by atoms with Gasteiger partial charge in [-0.2, -0.15) is 0 Å². The Morgan fingerprint density at radius 2 is 2.20 bits per heavy atom. The first-order valence-corrected chi connectivity index (χ1v) is 5.74. The SMILES string of the molecule is CCOc1c(CCNC)ccc(F)c1Br. The molecule has 0 bridgehead atoms. The van der Waals surface area contributed by atoms with E-state index in [1.54, 1.807) is 6.07 Å². The van der Waals surface area contributed by atoms with Crippen molar-refractivity contribution in [1.29, 1.82) is 0 Å². The van der Waals surface area contributed by atoms with Crippen LogP contribution in [0, 0.1) is 5.82 Å². The van der Waals surface area contributed by atoms with Crippen molar-refractivity contribution < 1.29 is 9.13 Å². The molecule has 0 atom stereocenters. The molecule has 0 unspecified atom stereocenters. The minimum Gasteiger partial charge on any atom is -0.492 e. The van der Waals surface area contributed by atoms with Gasteiger partial charge in [-0.25, -0.2) is 4.39 Å². The molecule has 0 heterocycles. The predicted molar refractivity (Wildman–Crippen MR) is 62.9 cm³/mol. The van der Waals surface area contributed by atoms with Crippen LogP contribution in [-0.4, -0.2) is 20.2 Å². The number of nitrogens with one attached hydrogen (secondary N) is 1. The molecule has 1 aromatic carbocycles. The Morgan fingerprint density at radius 1 is 1.47 bits per heavy atom. The van der Waals surface area contributed by atoms with Gasteiger partial charge in [-0.05, 0) is 54.5 Å². The standard InChI is InChI=1S/C11H15BrFNO/c1-3-15-11-8(6-7-14-2)4-5-9(13)10(11)12/h4-5,14H,3,6-7H2,1-2H3. The summed E-state index contributed by atoms with van der Waals surface area (Å²) in [7, 11) is 1.89. The molecule has 15 heavy (non-hydrogen) atoms. The lowest BCUT2D eigenvalue weighted by atomic mass is 10.1. The summed E-state index contributed by atoms with van der Waals surface area (Å²) in [5.74, 6) is 0.333. The van der Waals surface area contributed by atoms with Gasteiger partial charge >= 0.3 is 0 Å². The molecule has 1 aromatic rings. The van der Waals surface area contributed by atoms with E-state index in [0.29, 0.717) is 16.8 Å². The van der Waals surface area contributed by atoms with Gasteiger partial charge < -0.3 is 10.1 Å². The van der Waals surface area contributed by atoms with Crippen LogP contribution in [0.5, 0.6) is 5.75 Å². The highest BCUT2D eigenvalue weighted by atomic mass is 79.9. The van der Waals surface area contributed by atoms with E-state index in [2.05, 4.69) is 21.2 Å². The molecule has 2 nitrogen and oxygen atoms in total. The molecule has 1 N–H and O–H groups in total. The number of rotatable bonds is 5. The molecule has 0 aliphatic heterocycles. The van der Waals surface area contributed by atoms with Crippen molar-refractivity contribution in [3.05, 3.63) is 28.0 Å². The van der Waals surface area contributed by atoms with E-state index < -0.39 is 0 Å². The normalized spacial score (nSPS) is 10.4. The van der Waals surface area contributed by atoms with Gasteiger partial charge in [0.15, 0.2) is 0 Å². The largest absolute Gasteiger partial charge is 0.492 e. The quantitative estimate of drug-likeness (QED) is 0.892. The topological polar surface area (TPSA) is 21.3 Å². The molecule has 0 spiro atoms. The van der Waals surface area contributed by atoms with Gasteiger partial charge in [0, 0.05) is 0 Å². The Bertz CT molecular complexity index is 331. The summed E-state index contributed by atoms with van der Waals surface area (Å²) < 4.78 is 19.1. The number of ether oxygens (including phenoxy) is 1. The predicted octanol–water partition coefficient (Wildman–Crippen LogP) is 2.75. The Labute approximate surface area is 98.0 Å². The second-order valence-corrected chi connectivity index (χ2v) is 3.93. The molecular formula is C11H15BrFNO. The van der Waals surface area contributed by atoms with E-state index in [1.165, 1.54) is 6.07 Å². The molecule has 0 aromatic heterocycles. The van der Waals surface area contributed by atoms with Crippen molar-refractivity contribution in [2.75, 3.05) is 20.2 Å². The van der Waals surface area contributed by atoms with Gasteiger partial charge in [-0.1, -0.05) is 6.07 Å². The van der Waals surface area contributed by atoms with E-state index >= 15 is 0 Å². The van der Waals surface area contributed by atoms with Crippen molar-refractivity contribution in [2.24, 2.45) is 0 Å². The maximum atomic E-state index is 13.3. The van der Waals surface area contributed by atoms with Crippen LogP contribution in [0.25, 0.3) is 0 Å². The van der Waals surface area contributed by atoms with Crippen LogP contribution in [0.15, 0.2) is 16.6 Å². The molecule has 0 fully saturated rings. The van der Waals surface area contributed by atoms with E-state index in [-0.39, 0.29) is 5.82 Å². The third kappa shape index (κ3) is 3.18. The molecule has 0 aliphatic carbocycles. The van der Waals surface area contributed by atoms with Gasteiger partial charge in [0.2, 0.25) is 0 Å². The second kappa shape index (κ2) is 6.08. The van der Waals surface area contributed by atoms with Crippen molar-refractivity contribution in [2.45, 2.75) is 13.3 Å². The smallest absolute Gasteiger partial charge is 0.141 e. The minimum absolute atomic E-state index is 0.286. The molecule has 1 rings (SSSR count). The van der Waals surface area contributed by atoms with Gasteiger partial charge in [0.1, 0.15) is 11.6 Å². The lowest BCUT2D eigenvalue weighted by Crippen LogP contribution is -2.11. The Kier molecular flexibility index (Phi) is 5.05. The molecule has 0 saturated carbocycles. The van der Waals surface area contributed by atoms with Gasteiger partial charge in [-0.15, -0.1) is 0 Å². The fraction of sp³-hybridized carbons (Fsp3) is 0.455. The Balaban J connectivity index is 2.97. The fourth-order valence-corrected chi connectivity index (χ4v) is 1.83. The molecule has 0 aliphatic rings. The van der Waals surface area contributed by atoms with Crippen LogP contribution in [-0.2, 0) is 6.42 Å². The van der Waals surface area contributed by atoms with Gasteiger partial charge in [-0.3, -0.25) is 0 Å². The fourth-order valence-electron chi connectivity index (χ4n) is 1.33. The van der Waals surface area contributed by atoms with Crippen LogP contribution in [0.4, 0.5) is 4.39 Å². The lowest BCUT2D eigenvalue weighted by Gasteiger charge is -2.12. The zero-order valence-corrected chi connectivity index (χ0v) is 10.5. The van der Waals surface area contributed by atoms with Gasteiger partial charge in [0.05, 0.1) is 11.1 Å². The van der Waals surface area contributed by atoms with E-state index in [9.17, 15) is 4.39 Å². The summed E-state index contributed by atoms with van der Waals surface area (Å²) in [5, 5.41) is 3.05. The van der Waals surface area contributed by atoms with Crippen LogP contribution >= 0.6 is 15.9 Å². The number of likely N-dealkylation sites (N-methyl/N-ethyl adjacent to an activating group) is 1. The third-order valence-corrected chi connectivity index (χ3v) is 2.80. The summed E-state index contributed by atoms with van der Waals surface area (Å²) in [6, 6.07) is 3.22. The van der Waals surface area contributed by atoms with Crippen LogP contribution < -0.4 is 10.1 Å². The summed E-state index contributed by atoms with van der Waals surface area (Å²) in [5.41, 5.74) is 1.01. The highest BCUT2D eigenvalue weighted by Crippen LogP contribution is 2.32.